The fourth-order valence-corrected chi connectivity index (χ4v) is 2.09. The Kier molecular flexibility index (Phi) is 6.05. The molecule has 0 aliphatic heterocycles. The summed E-state index contributed by atoms with van der Waals surface area (Å²) < 4.78 is 5.18. The van der Waals surface area contributed by atoms with Crippen molar-refractivity contribution in [2.45, 2.75) is 6.92 Å². The summed E-state index contributed by atoms with van der Waals surface area (Å²) in [5, 5.41) is 17.7. The molecule has 0 atom stereocenters. The van der Waals surface area contributed by atoms with E-state index in [-0.39, 0.29) is 18.1 Å². The number of benzene rings is 2. The van der Waals surface area contributed by atoms with Gasteiger partial charge in [0.1, 0.15) is 5.75 Å². The van der Waals surface area contributed by atoms with Crippen LogP contribution in [0.1, 0.15) is 11.1 Å². The average molecular weight is 342 g/mol. The number of hydrogen-bond donors (Lipinski definition) is 2. The standard InChI is InChI=1S/C17H18N4O4/c1-12-7-8-13(9-15(12)21(23)24)10-19-20-17(22)11-18-14-5-3-4-6-16(14)25-2/h3-10,18H,11H2,1-2H3,(H,20,22)/b19-10-. The SMILES string of the molecule is COc1ccccc1NCC(=O)N/N=C\c1ccc(C)c([N+](=O)[O-])c1. The van der Waals surface area contributed by atoms with Gasteiger partial charge in [0, 0.05) is 17.2 Å². The van der Waals surface area contributed by atoms with Crippen molar-refractivity contribution in [3.63, 3.8) is 0 Å². The number of carbonyl (C=O) groups is 1. The van der Waals surface area contributed by atoms with Crippen molar-refractivity contribution in [2.75, 3.05) is 19.0 Å². The molecule has 2 aromatic carbocycles. The lowest BCUT2D eigenvalue weighted by Crippen LogP contribution is -2.26. The maximum Gasteiger partial charge on any atom is 0.272 e. The maximum absolute atomic E-state index is 11.8. The van der Waals surface area contributed by atoms with Gasteiger partial charge in [-0.15, -0.1) is 0 Å². The van der Waals surface area contributed by atoms with Gasteiger partial charge in [0.2, 0.25) is 0 Å². The van der Waals surface area contributed by atoms with Crippen LogP contribution in [-0.4, -0.2) is 30.7 Å². The number of carbonyl (C=O) groups excluding carboxylic acids is 1. The van der Waals surface area contributed by atoms with Crippen LogP contribution in [0.3, 0.4) is 0 Å². The molecule has 0 fully saturated rings. The quantitative estimate of drug-likeness (QED) is 0.457. The van der Waals surface area contributed by atoms with Crippen molar-refractivity contribution >= 4 is 23.5 Å². The summed E-state index contributed by atoms with van der Waals surface area (Å²) in [6.07, 6.45) is 1.35. The van der Waals surface area contributed by atoms with Crippen LogP contribution in [0.25, 0.3) is 0 Å². The lowest BCUT2D eigenvalue weighted by molar-refractivity contribution is -0.385. The Morgan fingerprint density at radius 2 is 2.08 bits per heavy atom. The molecule has 0 aliphatic rings. The molecule has 0 saturated carbocycles. The van der Waals surface area contributed by atoms with Crippen LogP contribution in [0.2, 0.25) is 0 Å². The van der Waals surface area contributed by atoms with Gasteiger partial charge in [-0.05, 0) is 19.1 Å². The van der Waals surface area contributed by atoms with Crippen molar-refractivity contribution in [3.8, 4) is 5.75 Å². The molecule has 8 nitrogen and oxygen atoms in total. The monoisotopic (exact) mass is 342 g/mol. The minimum absolute atomic E-state index is 0.00571. The first-order valence-electron chi connectivity index (χ1n) is 7.45. The first kappa shape index (κ1) is 17.9. The molecule has 2 aromatic rings. The van der Waals surface area contributed by atoms with E-state index in [9.17, 15) is 14.9 Å². The van der Waals surface area contributed by atoms with Gasteiger partial charge < -0.3 is 10.1 Å². The third-order valence-corrected chi connectivity index (χ3v) is 3.38. The number of nitrogens with zero attached hydrogens (tertiary/aromatic N) is 2. The first-order chi connectivity index (χ1) is 12.0. The Hall–Kier alpha value is -3.42. The minimum atomic E-state index is -0.456. The van der Waals surface area contributed by atoms with Gasteiger partial charge in [-0.3, -0.25) is 14.9 Å². The Bertz CT molecular complexity index is 805. The number of nitro groups is 1. The number of nitro benzene ring substituents is 1. The van der Waals surface area contributed by atoms with Crippen LogP contribution >= 0.6 is 0 Å². The molecule has 0 bridgehead atoms. The fourth-order valence-electron chi connectivity index (χ4n) is 2.09. The van der Waals surface area contributed by atoms with Gasteiger partial charge in [0.05, 0.1) is 30.5 Å². The van der Waals surface area contributed by atoms with Crippen LogP contribution in [0.15, 0.2) is 47.6 Å². The summed E-state index contributed by atoms with van der Waals surface area (Å²) >= 11 is 0. The van der Waals surface area contributed by atoms with Crippen LogP contribution in [-0.2, 0) is 4.79 Å². The van der Waals surface area contributed by atoms with Gasteiger partial charge in [0.15, 0.2) is 0 Å². The van der Waals surface area contributed by atoms with Gasteiger partial charge in [-0.25, -0.2) is 5.43 Å². The maximum atomic E-state index is 11.8. The van der Waals surface area contributed by atoms with E-state index in [1.54, 1.807) is 38.3 Å². The summed E-state index contributed by atoms with van der Waals surface area (Å²) in [7, 11) is 1.55. The summed E-state index contributed by atoms with van der Waals surface area (Å²) in [6.45, 7) is 1.66. The van der Waals surface area contributed by atoms with E-state index < -0.39 is 4.92 Å². The predicted octanol–water partition coefficient (Wildman–Crippen LogP) is 2.47. The number of hydrazone groups is 1. The van der Waals surface area contributed by atoms with Crippen LogP contribution in [0, 0.1) is 17.0 Å². The van der Waals surface area contributed by atoms with E-state index >= 15 is 0 Å². The highest BCUT2D eigenvalue weighted by molar-refractivity contribution is 5.85. The van der Waals surface area contributed by atoms with Crippen molar-refractivity contribution in [1.82, 2.24) is 5.43 Å². The lowest BCUT2D eigenvalue weighted by Gasteiger charge is -2.09. The molecule has 0 aromatic heterocycles. The molecule has 2 N–H and O–H groups in total. The van der Waals surface area contributed by atoms with Crippen molar-refractivity contribution in [3.05, 3.63) is 63.7 Å². The molecular weight excluding hydrogens is 324 g/mol. The minimum Gasteiger partial charge on any atom is -0.495 e. The van der Waals surface area contributed by atoms with Gasteiger partial charge in [-0.1, -0.05) is 24.3 Å². The molecule has 25 heavy (non-hydrogen) atoms. The molecule has 0 heterocycles. The molecule has 130 valence electrons. The van der Waals surface area contributed by atoms with Gasteiger partial charge >= 0.3 is 0 Å². The molecule has 2 rings (SSSR count). The number of anilines is 1. The third-order valence-electron chi connectivity index (χ3n) is 3.38. The molecule has 0 unspecified atom stereocenters. The van der Waals surface area contributed by atoms with Crippen LogP contribution in [0.4, 0.5) is 11.4 Å². The Morgan fingerprint density at radius 1 is 1.32 bits per heavy atom. The van der Waals surface area contributed by atoms with Crippen LogP contribution < -0.4 is 15.5 Å². The lowest BCUT2D eigenvalue weighted by atomic mass is 10.1. The van der Waals surface area contributed by atoms with Crippen molar-refractivity contribution in [2.24, 2.45) is 5.10 Å². The number of methoxy groups -OCH3 is 1. The molecular formula is C17H18N4O4. The van der Waals surface area contributed by atoms with E-state index in [1.165, 1.54) is 12.3 Å². The number of aryl methyl sites for hydroxylation is 1. The second-order valence-corrected chi connectivity index (χ2v) is 5.15. The second-order valence-electron chi connectivity index (χ2n) is 5.15. The predicted molar refractivity (Wildman–Crippen MR) is 95.1 cm³/mol. The molecule has 0 spiro atoms. The summed E-state index contributed by atoms with van der Waals surface area (Å²) in [5.74, 6) is 0.273. The first-order valence-corrected chi connectivity index (χ1v) is 7.45. The molecule has 0 saturated heterocycles. The van der Waals surface area contributed by atoms with Crippen LogP contribution in [0.5, 0.6) is 5.75 Å². The Morgan fingerprint density at radius 3 is 2.80 bits per heavy atom. The number of rotatable bonds is 7. The largest absolute Gasteiger partial charge is 0.495 e. The van der Waals surface area contributed by atoms with E-state index in [4.69, 9.17) is 4.74 Å². The van der Waals surface area contributed by atoms with E-state index in [1.807, 2.05) is 12.1 Å². The summed E-state index contributed by atoms with van der Waals surface area (Å²) in [5.41, 5.74) is 4.15. The average Bonchev–Trinajstić information content (AvgIpc) is 2.61. The number of nitrogens with one attached hydrogen (secondary N) is 2. The second kappa shape index (κ2) is 8.44. The molecule has 0 radical (unpaired) electrons. The van der Waals surface area contributed by atoms with Crippen molar-refractivity contribution < 1.29 is 14.5 Å². The molecule has 0 aliphatic carbocycles. The molecule has 8 heteroatoms. The van der Waals surface area contributed by atoms with Crippen molar-refractivity contribution in [1.29, 1.82) is 0 Å². The van der Waals surface area contributed by atoms with Gasteiger partial charge in [0.25, 0.3) is 11.6 Å². The highest BCUT2D eigenvalue weighted by Gasteiger charge is 2.10. The number of amides is 1. The fraction of sp³-hybridized carbons (Fsp3) is 0.176. The zero-order valence-corrected chi connectivity index (χ0v) is 13.9. The Balaban J connectivity index is 1.90. The zero-order valence-electron chi connectivity index (χ0n) is 13.9. The van der Waals surface area contributed by atoms with E-state index in [0.29, 0.717) is 22.6 Å². The summed E-state index contributed by atoms with van der Waals surface area (Å²) in [4.78, 5) is 22.2. The highest BCUT2D eigenvalue weighted by Crippen LogP contribution is 2.22. The number of hydrogen-bond acceptors (Lipinski definition) is 6. The number of para-hydroxylation sites is 2. The smallest absolute Gasteiger partial charge is 0.272 e. The number of ether oxygens (including phenoxy) is 1. The topological polar surface area (TPSA) is 106 Å². The van der Waals surface area contributed by atoms with Gasteiger partial charge in [-0.2, -0.15) is 5.10 Å². The highest BCUT2D eigenvalue weighted by atomic mass is 16.6. The molecule has 1 amide bonds. The normalized spacial score (nSPS) is 10.5. The van der Waals surface area contributed by atoms with E-state index in [0.717, 1.165) is 0 Å². The zero-order chi connectivity index (χ0) is 18.2. The summed E-state index contributed by atoms with van der Waals surface area (Å²) in [6, 6.07) is 11.9. The van der Waals surface area contributed by atoms with E-state index in [2.05, 4.69) is 15.8 Å². The Labute approximate surface area is 144 Å². The third kappa shape index (κ3) is 5.03.